The van der Waals surface area contributed by atoms with Gasteiger partial charge in [0.25, 0.3) is 0 Å². The van der Waals surface area contributed by atoms with E-state index >= 15 is 0 Å². The Bertz CT molecular complexity index is 402. The summed E-state index contributed by atoms with van der Waals surface area (Å²) in [6, 6.07) is 1.96. The normalized spacial score (nSPS) is 16.2. The molecule has 1 aromatic rings. The summed E-state index contributed by atoms with van der Waals surface area (Å²) < 4.78 is 5.20. The lowest BCUT2D eigenvalue weighted by Crippen LogP contribution is -2.50. The smallest absolute Gasteiger partial charge is 0.236 e. The first-order valence-electron chi connectivity index (χ1n) is 6.26. The molecule has 0 unspecified atom stereocenters. The van der Waals surface area contributed by atoms with E-state index in [4.69, 9.17) is 4.52 Å². The Morgan fingerprint density at radius 1 is 1.42 bits per heavy atom. The van der Waals surface area contributed by atoms with Crippen molar-refractivity contribution in [2.24, 2.45) is 0 Å². The highest BCUT2D eigenvalue weighted by Crippen LogP contribution is 2.09. The molecule has 1 fully saturated rings. The predicted octanol–water partition coefficient (Wildman–Crippen LogP) is 0.268. The second kappa shape index (κ2) is 7.47. The zero-order valence-electron chi connectivity index (χ0n) is 11.4. The van der Waals surface area contributed by atoms with Crippen molar-refractivity contribution in [1.82, 2.24) is 20.3 Å². The zero-order chi connectivity index (χ0) is 13.0. The van der Waals surface area contributed by atoms with Crippen molar-refractivity contribution in [3.05, 3.63) is 17.5 Å². The van der Waals surface area contributed by atoms with Gasteiger partial charge in [0.15, 0.2) is 5.76 Å². The highest BCUT2D eigenvalue weighted by molar-refractivity contribution is 5.85. The Hall–Kier alpha value is -1.11. The summed E-state index contributed by atoms with van der Waals surface area (Å²) in [5.41, 5.74) is 0.910. The number of carbonyl (C=O) groups excluding carboxylic acids is 1. The molecule has 6 nitrogen and oxygen atoms in total. The van der Waals surface area contributed by atoms with E-state index in [1.165, 1.54) is 0 Å². The molecule has 0 spiro atoms. The first-order chi connectivity index (χ1) is 8.69. The van der Waals surface area contributed by atoms with Crippen molar-refractivity contribution in [3.63, 3.8) is 0 Å². The van der Waals surface area contributed by atoms with Crippen LogP contribution in [-0.4, -0.2) is 60.6 Å². The fraction of sp³-hybridized carbons (Fsp3) is 0.667. The van der Waals surface area contributed by atoms with E-state index in [9.17, 15) is 4.79 Å². The number of piperazine rings is 1. The van der Waals surface area contributed by atoms with E-state index in [0.29, 0.717) is 6.54 Å². The molecule has 1 N–H and O–H groups in total. The SMILES string of the molecule is CNCC(=O)N1CCN(Cc2cc(C)no2)CC1.Cl. The fourth-order valence-corrected chi connectivity index (χ4v) is 2.13. The second-order valence-electron chi connectivity index (χ2n) is 4.62. The molecule has 1 saturated heterocycles. The molecule has 0 aliphatic carbocycles. The van der Waals surface area contributed by atoms with E-state index < -0.39 is 0 Å². The van der Waals surface area contributed by atoms with Crippen LogP contribution in [0.2, 0.25) is 0 Å². The maximum absolute atomic E-state index is 11.7. The van der Waals surface area contributed by atoms with Crippen LogP contribution < -0.4 is 5.32 Å². The molecule has 108 valence electrons. The first kappa shape index (κ1) is 15.9. The molecular formula is C12H21ClN4O2. The van der Waals surface area contributed by atoms with Gasteiger partial charge >= 0.3 is 0 Å². The number of hydrogen-bond donors (Lipinski definition) is 1. The maximum Gasteiger partial charge on any atom is 0.236 e. The second-order valence-corrected chi connectivity index (χ2v) is 4.62. The third-order valence-corrected chi connectivity index (χ3v) is 3.11. The summed E-state index contributed by atoms with van der Waals surface area (Å²) in [7, 11) is 1.79. The van der Waals surface area contributed by atoms with Crippen LogP contribution in [0, 0.1) is 6.92 Å². The first-order valence-corrected chi connectivity index (χ1v) is 6.26. The Labute approximate surface area is 119 Å². The van der Waals surface area contributed by atoms with Crippen molar-refractivity contribution in [2.75, 3.05) is 39.8 Å². The van der Waals surface area contributed by atoms with Crippen LogP contribution in [0.1, 0.15) is 11.5 Å². The largest absolute Gasteiger partial charge is 0.360 e. The van der Waals surface area contributed by atoms with Gasteiger partial charge in [0, 0.05) is 32.2 Å². The van der Waals surface area contributed by atoms with Crippen molar-refractivity contribution in [1.29, 1.82) is 0 Å². The molecule has 2 rings (SSSR count). The van der Waals surface area contributed by atoms with Crippen LogP contribution in [0.25, 0.3) is 0 Å². The van der Waals surface area contributed by atoms with Gasteiger partial charge < -0.3 is 14.7 Å². The Balaban J connectivity index is 0.00000180. The number of carbonyl (C=O) groups is 1. The number of amides is 1. The fourth-order valence-electron chi connectivity index (χ4n) is 2.13. The molecule has 1 aromatic heterocycles. The van der Waals surface area contributed by atoms with Gasteiger partial charge in [-0.2, -0.15) is 0 Å². The summed E-state index contributed by atoms with van der Waals surface area (Å²) in [6.07, 6.45) is 0. The van der Waals surface area contributed by atoms with E-state index in [1.807, 2.05) is 17.9 Å². The molecule has 0 aromatic carbocycles. The number of hydrogen-bond acceptors (Lipinski definition) is 5. The molecule has 2 heterocycles. The van der Waals surface area contributed by atoms with Crippen LogP contribution in [0.4, 0.5) is 0 Å². The third kappa shape index (κ3) is 4.49. The van der Waals surface area contributed by atoms with Crippen LogP contribution in [0.3, 0.4) is 0 Å². The minimum atomic E-state index is 0. The Morgan fingerprint density at radius 2 is 2.11 bits per heavy atom. The molecule has 1 amide bonds. The number of rotatable bonds is 4. The lowest BCUT2D eigenvalue weighted by atomic mass is 10.3. The zero-order valence-corrected chi connectivity index (χ0v) is 12.2. The molecule has 0 radical (unpaired) electrons. The number of halogens is 1. The molecule has 19 heavy (non-hydrogen) atoms. The van der Waals surface area contributed by atoms with Gasteiger partial charge in [-0.15, -0.1) is 12.4 Å². The standard InChI is InChI=1S/C12H20N4O2.ClH/c1-10-7-11(18-14-10)9-15-3-5-16(6-4-15)12(17)8-13-2;/h7,13H,3-6,8-9H2,1-2H3;1H. The molecule has 7 heteroatoms. The molecular weight excluding hydrogens is 268 g/mol. The highest BCUT2D eigenvalue weighted by atomic mass is 35.5. The number of aromatic nitrogens is 1. The van der Waals surface area contributed by atoms with Gasteiger partial charge in [-0.1, -0.05) is 5.16 Å². The molecule has 0 bridgehead atoms. The van der Waals surface area contributed by atoms with E-state index in [-0.39, 0.29) is 18.3 Å². The average Bonchev–Trinajstić information content (AvgIpc) is 2.76. The van der Waals surface area contributed by atoms with Crippen molar-refractivity contribution >= 4 is 18.3 Å². The van der Waals surface area contributed by atoms with Crippen molar-refractivity contribution in [3.8, 4) is 0 Å². The number of aryl methyl sites for hydroxylation is 1. The van der Waals surface area contributed by atoms with Crippen LogP contribution >= 0.6 is 12.4 Å². The van der Waals surface area contributed by atoms with Gasteiger partial charge in [0.1, 0.15) is 0 Å². The summed E-state index contributed by atoms with van der Waals surface area (Å²) in [4.78, 5) is 15.9. The minimum Gasteiger partial charge on any atom is -0.360 e. The molecule has 0 atom stereocenters. The lowest BCUT2D eigenvalue weighted by molar-refractivity contribution is -0.131. The lowest BCUT2D eigenvalue weighted by Gasteiger charge is -2.34. The Morgan fingerprint density at radius 3 is 2.63 bits per heavy atom. The van der Waals surface area contributed by atoms with Gasteiger partial charge in [-0.05, 0) is 14.0 Å². The van der Waals surface area contributed by atoms with E-state index in [0.717, 1.165) is 44.2 Å². The summed E-state index contributed by atoms with van der Waals surface area (Å²) in [6.45, 7) is 6.45. The maximum atomic E-state index is 11.7. The third-order valence-electron chi connectivity index (χ3n) is 3.11. The van der Waals surface area contributed by atoms with Crippen molar-refractivity contribution in [2.45, 2.75) is 13.5 Å². The quantitative estimate of drug-likeness (QED) is 0.862. The van der Waals surface area contributed by atoms with Gasteiger partial charge in [0.05, 0.1) is 18.8 Å². The number of nitrogens with zero attached hydrogens (tertiary/aromatic N) is 3. The van der Waals surface area contributed by atoms with Crippen LogP contribution in [0.5, 0.6) is 0 Å². The van der Waals surface area contributed by atoms with Crippen LogP contribution in [-0.2, 0) is 11.3 Å². The van der Waals surface area contributed by atoms with E-state index in [1.54, 1.807) is 7.05 Å². The van der Waals surface area contributed by atoms with Crippen molar-refractivity contribution < 1.29 is 9.32 Å². The summed E-state index contributed by atoms with van der Waals surface area (Å²) in [5, 5.41) is 6.77. The number of nitrogens with one attached hydrogen (secondary N) is 1. The molecule has 0 saturated carbocycles. The topological polar surface area (TPSA) is 61.6 Å². The molecule has 1 aliphatic heterocycles. The molecule has 1 aliphatic rings. The van der Waals surface area contributed by atoms with Gasteiger partial charge in [-0.25, -0.2) is 0 Å². The highest BCUT2D eigenvalue weighted by Gasteiger charge is 2.21. The van der Waals surface area contributed by atoms with Crippen LogP contribution in [0.15, 0.2) is 10.6 Å². The average molecular weight is 289 g/mol. The Kier molecular flexibility index (Phi) is 6.27. The monoisotopic (exact) mass is 288 g/mol. The van der Waals surface area contributed by atoms with E-state index in [2.05, 4.69) is 15.4 Å². The predicted molar refractivity (Wildman–Crippen MR) is 74.3 cm³/mol. The van der Waals surface area contributed by atoms with Gasteiger partial charge in [0.2, 0.25) is 5.91 Å². The summed E-state index contributed by atoms with van der Waals surface area (Å²) >= 11 is 0. The number of likely N-dealkylation sites (N-methyl/N-ethyl adjacent to an activating group) is 1. The summed E-state index contributed by atoms with van der Waals surface area (Å²) in [5.74, 6) is 1.06. The minimum absolute atomic E-state index is 0. The van der Waals surface area contributed by atoms with Gasteiger partial charge in [-0.3, -0.25) is 9.69 Å².